The van der Waals surface area contributed by atoms with Crippen molar-refractivity contribution in [3.05, 3.63) is 33.3 Å². The van der Waals surface area contributed by atoms with E-state index >= 15 is 0 Å². The molecule has 1 fully saturated rings. The lowest BCUT2D eigenvalue weighted by Crippen LogP contribution is -2.40. The smallest absolute Gasteiger partial charge is 0.0548 e. The zero-order chi connectivity index (χ0) is 12.3. The molecule has 2 rings (SSSR count). The SMILES string of the molecule is CN1CCC(NCc2ccc(Cl)c(Br)c2)CC1. The second-order valence-corrected chi connectivity index (χ2v) is 5.97. The summed E-state index contributed by atoms with van der Waals surface area (Å²) in [7, 11) is 2.19. The number of hydrogen-bond acceptors (Lipinski definition) is 2. The summed E-state index contributed by atoms with van der Waals surface area (Å²) >= 11 is 9.43. The molecule has 94 valence electrons. The van der Waals surface area contributed by atoms with E-state index in [1.54, 1.807) is 0 Å². The van der Waals surface area contributed by atoms with Crippen LogP contribution >= 0.6 is 27.5 Å². The van der Waals surface area contributed by atoms with E-state index in [4.69, 9.17) is 11.6 Å². The number of nitrogens with one attached hydrogen (secondary N) is 1. The van der Waals surface area contributed by atoms with Gasteiger partial charge in [-0.1, -0.05) is 17.7 Å². The van der Waals surface area contributed by atoms with Crippen LogP contribution in [-0.4, -0.2) is 31.1 Å². The van der Waals surface area contributed by atoms with E-state index in [1.807, 2.05) is 6.07 Å². The van der Waals surface area contributed by atoms with Crippen LogP contribution in [0, 0.1) is 0 Å². The quantitative estimate of drug-likeness (QED) is 0.920. The maximum atomic E-state index is 5.97. The number of halogens is 2. The van der Waals surface area contributed by atoms with Crippen molar-refractivity contribution in [2.45, 2.75) is 25.4 Å². The first-order valence-electron chi connectivity index (χ1n) is 6.01. The van der Waals surface area contributed by atoms with E-state index in [2.05, 4.69) is 45.3 Å². The molecule has 17 heavy (non-hydrogen) atoms. The Bertz CT molecular complexity index is 376. The highest BCUT2D eigenvalue weighted by Crippen LogP contribution is 2.23. The first kappa shape index (κ1) is 13.3. The molecule has 0 bridgehead atoms. The van der Waals surface area contributed by atoms with Gasteiger partial charge < -0.3 is 10.2 Å². The molecule has 1 aromatic carbocycles. The summed E-state index contributed by atoms with van der Waals surface area (Å²) in [6, 6.07) is 6.76. The minimum absolute atomic E-state index is 0.653. The molecular weight excluding hydrogens is 300 g/mol. The van der Waals surface area contributed by atoms with E-state index in [-0.39, 0.29) is 0 Å². The lowest BCUT2D eigenvalue weighted by atomic mass is 10.1. The fourth-order valence-electron chi connectivity index (χ4n) is 2.12. The molecule has 0 aliphatic carbocycles. The summed E-state index contributed by atoms with van der Waals surface area (Å²) in [5.74, 6) is 0. The van der Waals surface area contributed by atoms with Crippen molar-refractivity contribution >= 4 is 27.5 Å². The van der Waals surface area contributed by atoms with Gasteiger partial charge in [0, 0.05) is 17.1 Å². The normalized spacial score (nSPS) is 18.5. The van der Waals surface area contributed by atoms with Crippen LogP contribution in [0.1, 0.15) is 18.4 Å². The van der Waals surface area contributed by atoms with Gasteiger partial charge in [-0.05, 0) is 66.6 Å². The van der Waals surface area contributed by atoms with Crippen LogP contribution in [0.4, 0.5) is 0 Å². The highest BCUT2D eigenvalue weighted by Gasteiger charge is 2.15. The Morgan fingerprint density at radius 2 is 2.12 bits per heavy atom. The molecule has 0 aromatic heterocycles. The molecular formula is C13H18BrClN2. The van der Waals surface area contributed by atoms with Gasteiger partial charge in [-0.3, -0.25) is 0 Å². The predicted octanol–water partition coefficient (Wildman–Crippen LogP) is 3.29. The van der Waals surface area contributed by atoms with E-state index in [0.717, 1.165) is 16.0 Å². The Morgan fingerprint density at radius 1 is 1.41 bits per heavy atom. The summed E-state index contributed by atoms with van der Waals surface area (Å²) in [6.07, 6.45) is 2.48. The molecule has 1 aliphatic heterocycles. The molecule has 0 spiro atoms. The number of rotatable bonds is 3. The maximum absolute atomic E-state index is 5.97. The fraction of sp³-hybridized carbons (Fsp3) is 0.538. The van der Waals surface area contributed by atoms with Crippen molar-refractivity contribution in [3.63, 3.8) is 0 Å². The molecule has 1 aromatic rings. The Balaban J connectivity index is 1.83. The van der Waals surface area contributed by atoms with Gasteiger partial charge in [0.05, 0.1) is 5.02 Å². The number of hydrogen-bond donors (Lipinski definition) is 1. The molecule has 0 saturated carbocycles. The number of piperidine rings is 1. The topological polar surface area (TPSA) is 15.3 Å². The second kappa shape index (κ2) is 6.19. The lowest BCUT2D eigenvalue weighted by Gasteiger charge is -2.29. The lowest BCUT2D eigenvalue weighted by molar-refractivity contribution is 0.234. The third kappa shape index (κ3) is 3.95. The number of benzene rings is 1. The van der Waals surface area contributed by atoms with Crippen LogP contribution in [0.25, 0.3) is 0 Å². The van der Waals surface area contributed by atoms with E-state index in [1.165, 1.54) is 31.5 Å². The molecule has 1 heterocycles. The molecule has 0 unspecified atom stereocenters. The molecule has 4 heteroatoms. The van der Waals surface area contributed by atoms with Gasteiger partial charge in [-0.25, -0.2) is 0 Å². The molecule has 1 N–H and O–H groups in total. The summed E-state index contributed by atoms with van der Waals surface area (Å²) in [6.45, 7) is 3.31. The summed E-state index contributed by atoms with van der Waals surface area (Å²) in [5.41, 5.74) is 1.28. The number of likely N-dealkylation sites (tertiary alicyclic amines) is 1. The first-order chi connectivity index (χ1) is 8.15. The third-order valence-corrected chi connectivity index (χ3v) is 4.51. The van der Waals surface area contributed by atoms with E-state index in [9.17, 15) is 0 Å². The van der Waals surface area contributed by atoms with Gasteiger partial charge >= 0.3 is 0 Å². The van der Waals surface area contributed by atoms with Gasteiger partial charge in [0.2, 0.25) is 0 Å². The standard InChI is InChI=1S/C13H18BrClN2/c1-17-6-4-11(5-7-17)16-9-10-2-3-13(15)12(14)8-10/h2-3,8,11,16H,4-7,9H2,1H3. The molecule has 1 aliphatic rings. The average molecular weight is 318 g/mol. The summed E-state index contributed by atoms with van der Waals surface area (Å²) in [5, 5.41) is 4.39. The summed E-state index contributed by atoms with van der Waals surface area (Å²) in [4.78, 5) is 2.39. The average Bonchev–Trinajstić information content (AvgIpc) is 2.33. The van der Waals surface area contributed by atoms with Crippen LogP contribution in [-0.2, 0) is 6.54 Å². The largest absolute Gasteiger partial charge is 0.310 e. The van der Waals surface area contributed by atoms with Gasteiger partial charge in [-0.2, -0.15) is 0 Å². The molecule has 0 radical (unpaired) electrons. The second-order valence-electron chi connectivity index (χ2n) is 4.71. The van der Waals surface area contributed by atoms with E-state index in [0.29, 0.717) is 6.04 Å². The third-order valence-electron chi connectivity index (χ3n) is 3.30. The van der Waals surface area contributed by atoms with Gasteiger partial charge in [0.1, 0.15) is 0 Å². The zero-order valence-electron chi connectivity index (χ0n) is 10.0. The Morgan fingerprint density at radius 3 is 2.76 bits per heavy atom. The van der Waals surface area contributed by atoms with Gasteiger partial charge in [0.15, 0.2) is 0 Å². The Hall–Kier alpha value is -0.0900. The van der Waals surface area contributed by atoms with Crippen molar-refractivity contribution in [3.8, 4) is 0 Å². The zero-order valence-corrected chi connectivity index (χ0v) is 12.4. The minimum atomic E-state index is 0.653. The van der Waals surface area contributed by atoms with Crippen LogP contribution in [0.5, 0.6) is 0 Å². The highest BCUT2D eigenvalue weighted by atomic mass is 79.9. The predicted molar refractivity (Wildman–Crippen MR) is 76.5 cm³/mol. The van der Waals surface area contributed by atoms with Gasteiger partial charge in [0.25, 0.3) is 0 Å². The van der Waals surface area contributed by atoms with Crippen molar-refractivity contribution in [1.29, 1.82) is 0 Å². The van der Waals surface area contributed by atoms with Crippen molar-refractivity contribution in [2.75, 3.05) is 20.1 Å². The Labute approximate surface area is 116 Å². The van der Waals surface area contributed by atoms with Crippen LogP contribution in [0.3, 0.4) is 0 Å². The van der Waals surface area contributed by atoms with E-state index < -0.39 is 0 Å². The monoisotopic (exact) mass is 316 g/mol. The fourth-order valence-corrected chi connectivity index (χ4v) is 2.67. The molecule has 1 saturated heterocycles. The van der Waals surface area contributed by atoms with Crippen molar-refractivity contribution < 1.29 is 0 Å². The van der Waals surface area contributed by atoms with Crippen LogP contribution in [0.15, 0.2) is 22.7 Å². The van der Waals surface area contributed by atoms with Crippen LogP contribution < -0.4 is 5.32 Å². The highest BCUT2D eigenvalue weighted by molar-refractivity contribution is 9.10. The van der Waals surface area contributed by atoms with Crippen molar-refractivity contribution in [1.82, 2.24) is 10.2 Å². The van der Waals surface area contributed by atoms with Crippen LogP contribution in [0.2, 0.25) is 5.02 Å². The summed E-state index contributed by atoms with van der Waals surface area (Å²) < 4.78 is 0.974. The maximum Gasteiger partial charge on any atom is 0.0548 e. The van der Waals surface area contributed by atoms with Crippen molar-refractivity contribution in [2.24, 2.45) is 0 Å². The Kier molecular flexibility index (Phi) is 4.86. The molecule has 0 atom stereocenters. The van der Waals surface area contributed by atoms with Gasteiger partial charge in [-0.15, -0.1) is 0 Å². The number of nitrogens with zero attached hydrogens (tertiary/aromatic N) is 1. The first-order valence-corrected chi connectivity index (χ1v) is 7.18. The molecule has 0 amide bonds. The molecule has 2 nitrogen and oxygen atoms in total. The minimum Gasteiger partial charge on any atom is -0.310 e.